The van der Waals surface area contributed by atoms with Crippen molar-refractivity contribution in [1.29, 1.82) is 0 Å². The molecule has 9 heteroatoms. The topological polar surface area (TPSA) is 92.8 Å². The van der Waals surface area contributed by atoms with Crippen LogP contribution in [0.25, 0.3) is 20.7 Å². The summed E-state index contributed by atoms with van der Waals surface area (Å²) in [7, 11) is 1.64. The first kappa shape index (κ1) is 20.4. The van der Waals surface area contributed by atoms with Crippen molar-refractivity contribution >= 4 is 39.3 Å². The van der Waals surface area contributed by atoms with Gasteiger partial charge in [-0.15, -0.1) is 11.3 Å². The number of anilines is 1. The van der Waals surface area contributed by atoms with Crippen LogP contribution in [0.5, 0.6) is 5.75 Å². The third-order valence-corrected chi connectivity index (χ3v) is 6.59. The molecule has 0 atom stereocenters. The number of hydrogen-bond donors (Lipinski definition) is 2. The molecule has 3 aromatic heterocycles. The Balaban J connectivity index is 1.35. The molecule has 1 aromatic carbocycles. The number of methoxy groups -OCH3 is 1. The molecule has 0 bridgehead atoms. The lowest BCUT2D eigenvalue weighted by Gasteiger charge is -2.04. The van der Waals surface area contributed by atoms with E-state index >= 15 is 0 Å². The van der Waals surface area contributed by atoms with Gasteiger partial charge in [-0.25, -0.2) is 15.0 Å². The van der Waals surface area contributed by atoms with Crippen molar-refractivity contribution in [3.63, 3.8) is 0 Å². The highest BCUT2D eigenvalue weighted by Gasteiger charge is 2.10. The number of benzene rings is 1. The van der Waals surface area contributed by atoms with Gasteiger partial charge < -0.3 is 15.0 Å². The maximum Gasteiger partial charge on any atom is 0.268 e. The summed E-state index contributed by atoms with van der Waals surface area (Å²) in [6, 6.07) is 11.6. The minimum atomic E-state index is -0.0803. The Hall–Kier alpha value is -2.91. The highest BCUT2D eigenvalue weighted by Crippen LogP contribution is 2.32. The molecule has 0 aliphatic heterocycles. The molecule has 0 spiro atoms. The lowest BCUT2D eigenvalue weighted by atomic mass is 10.2. The predicted molar refractivity (Wildman–Crippen MR) is 124 cm³/mol. The minimum absolute atomic E-state index is 0.0803. The number of ether oxygens (including phenoxy) is 1. The van der Waals surface area contributed by atoms with Crippen LogP contribution in [0, 0.1) is 0 Å². The summed E-state index contributed by atoms with van der Waals surface area (Å²) >= 11 is 3.20. The molecule has 4 aromatic rings. The molecule has 154 valence electrons. The minimum Gasteiger partial charge on any atom is -0.497 e. The maximum absolute atomic E-state index is 12.5. The van der Waals surface area contributed by atoms with Gasteiger partial charge in [-0.3, -0.25) is 4.79 Å². The van der Waals surface area contributed by atoms with Crippen molar-refractivity contribution in [2.45, 2.75) is 12.2 Å². The Kier molecular flexibility index (Phi) is 6.60. The summed E-state index contributed by atoms with van der Waals surface area (Å²) in [5.41, 5.74) is 1.71. The lowest BCUT2D eigenvalue weighted by molar-refractivity contribution is 0.415. The molecule has 7 nitrogen and oxygen atoms in total. The van der Waals surface area contributed by atoms with Crippen LogP contribution in [-0.2, 0) is 5.75 Å². The monoisotopic (exact) mass is 439 g/mol. The number of aromatic amines is 1. The molecule has 4 rings (SSSR count). The van der Waals surface area contributed by atoms with Gasteiger partial charge in [0.15, 0.2) is 0 Å². The molecular formula is C21H21N5O2S2. The number of H-pyrrole nitrogens is 1. The smallest absolute Gasteiger partial charge is 0.268 e. The van der Waals surface area contributed by atoms with E-state index in [-0.39, 0.29) is 5.56 Å². The zero-order valence-corrected chi connectivity index (χ0v) is 18.1. The first-order chi connectivity index (χ1) is 14.7. The highest BCUT2D eigenvalue weighted by atomic mass is 32.2. The number of nitrogens with zero attached hydrogens (tertiary/aromatic N) is 3. The molecule has 3 heterocycles. The van der Waals surface area contributed by atoms with Crippen LogP contribution in [0.1, 0.15) is 12.2 Å². The summed E-state index contributed by atoms with van der Waals surface area (Å²) < 4.78 is 5.86. The third kappa shape index (κ3) is 4.98. The largest absolute Gasteiger partial charge is 0.497 e. The van der Waals surface area contributed by atoms with Crippen LogP contribution in [0.3, 0.4) is 0 Å². The van der Waals surface area contributed by atoms with Gasteiger partial charge in [0.1, 0.15) is 16.3 Å². The third-order valence-electron chi connectivity index (χ3n) is 4.36. The molecule has 0 aliphatic rings. The van der Waals surface area contributed by atoms with Crippen LogP contribution in [0.2, 0.25) is 0 Å². The Morgan fingerprint density at radius 1 is 1.20 bits per heavy atom. The fourth-order valence-corrected chi connectivity index (χ4v) is 4.71. The van der Waals surface area contributed by atoms with E-state index in [2.05, 4.69) is 25.3 Å². The van der Waals surface area contributed by atoms with E-state index in [0.29, 0.717) is 22.2 Å². The summed E-state index contributed by atoms with van der Waals surface area (Å²) in [5, 5.41) is 3.19. The Morgan fingerprint density at radius 2 is 2.00 bits per heavy atom. The van der Waals surface area contributed by atoms with E-state index in [4.69, 9.17) is 4.74 Å². The lowest BCUT2D eigenvalue weighted by Crippen LogP contribution is -2.10. The van der Waals surface area contributed by atoms with Crippen molar-refractivity contribution in [3.05, 3.63) is 65.0 Å². The number of fused-ring (bicyclic) bond motifs is 1. The zero-order valence-electron chi connectivity index (χ0n) is 16.4. The average Bonchev–Trinajstić information content (AvgIpc) is 3.22. The Bertz CT molecular complexity index is 1160. The molecule has 2 N–H and O–H groups in total. The quantitative estimate of drug-likeness (QED) is 0.378. The van der Waals surface area contributed by atoms with Gasteiger partial charge in [0, 0.05) is 23.8 Å². The first-order valence-corrected chi connectivity index (χ1v) is 11.5. The van der Waals surface area contributed by atoms with Gasteiger partial charge in [-0.1, -0.05) is 0 Å². The Morgan fingerprint density at radius 3 is 2.77 bits per heavy atom. The summed E-state index contributed by atoms with van der Waals surface area (Å²) in [5.74, 6) is 3.77. The fraction of sp³-hybridized carbons (Fsp3) is 0.238. The van der Waals surface area contributed by atoms with E-state index in [1.165, 1.54) is 11.3 Å². The number of thioether (sulfide) groups is 1. The predicted octanol–water partition coefficient (Wildman–Crippen LogP) is 4.19. The van der Waals surface area contributed by atoms with Crippen molar-refractivity contribution in [2.75, 3.05) is 24.7 Å². The molecule has 0 fully saturated rings. The van der Waals surface area contributed by atoms with E-state index in [0.717, 1.165) is 40.4 Å². The second-order valence-corrected chi connectivity index (χ2v) is 8.63. The van der Waals surface area contributed by atoms with Gasteiger partial charge in [0.05, 0.1) is 18.4 Å². The van der Waals surface area contributed by atoms with E-state index in [1.807, 2.05) is 30.3 Å². The molecule has 0 saturated carbocycles. The number of nitrogens with one attached hydrogen (secondary N) is 2. The molecule has 0 radical (unpaired) electrons. The molecule has 30 heavy (non-hydrogen) atoms. The van der Waals surface area contributed by atoms with E-state index in [1.54, 1.807) is 37.3 Å². The maximum atomic E-state index is 12.5. The molecule has 0 aliphatic carbocycles. The van der Waals surface area contributed by atoms with Crippen LogP contribution in [0.4, 0.5) is 5.95 Å². The van der Waals surface area contributed by atoms with Crippen molar-refractivity contribution in [3.8, 4) is 16.2 Å². The molecule has 0 saturated heterocycles. The van der Waals surface area contributed by atoms with Crippen LogP contribution in [-0.4, -0.2) is 39.3 Å². The summed E-state index contributed by atoms with van der Waals surface area (Å²) in [6.07, 6.45) is 4.40. The second-order valence-electron chi connectivity index (χ2n) is 6.47. The fourth-order valence-electron chi connectivity index (χ4n) is 2.89. The van der Waals surface area contributed by atoms with Gasteiger partial charge in [-0.05, 0) is 54.1 Å². The molecular weight excluding hydrogens is 418 g/mol. The van der Waals surface area contributed by atoms with Crippen LogP contribution >= 0.6 is 23.1 Å². The van der Waals surface area contributed by atoms with E-state index < -0.39 is 0 Å². The number of thiophene rings is 1. The van der Waals surface area contributed by atoms with Crippen LogP contribution < -0.4 is 15.6 Å². The number of rotatable bonds is 9. The molecule has 0 unspecified atom stereocenters. The van der Waals surface area contributed by atoms with Crippen molar-refractivity contribution in [1.82, 2.24) is 19.9 Å². The second kappa shape index (κ2) is 9.73. The van der Waals surface area contributed by atoms with Gasteiger partial charge in [0.25, 0.3) is 5.56 Å². The van der Waals surface area contributed by atoms with Crippen LogP contribution in [0.15, 0.2) is 53.6 Å². The highest BCUT2D eigenvalue weighted by molar-refractivity contribution is 7.98. The summed E-state index contributed by atoms with van der Waals surface area (Å²) in [6.45, 7) is 0.801. The van der Waals surface area contributed by atoms with Gasteiger partial charge >= 0.3 is 0 Å². The molecule has 0 amide bonds. The Labute approximate surface area is 182 Å². The zero-order chi connectivity index (χ0) is 20.8. The first-order valence-electron chi connectivity index (χ1n) is 9.49. The number of aromatic nitrogens is 4. The number of hydrogen-bond acceptors (Lipinski definition) is 8. The van der Waals surface area contributed by atoms with E-state index in [9.17, 15) is 4.79 Å². The average molecular weight is 440 g/mol. The summed E-state index contributed by atoms with van der Waals surface area (Å²) in [4.78, 5) is 29.4. The SMILES string of the molecule is COc1ccc(-c2cc3nc(CSCCCNc4ncccn4)[nH]c(=O)c3s2)cc1. The van der Waals surface area contributed by atoms with Crippen molar-refractivity contribution < 1.29 is 4.74 Å². The van der Waals surface area contributed by atoms with Gasteiger partial charge in [-0.2, -0.15) is 11.8 Å². The van der Waals surface area contributed by atoms with Crippen molar-refractivity contribution in [2.24, 2.45) is 0 Å². The van der Waals surface area contributed by atoms with Gasteiger partial charge in [0.2, 0.25) is 5.95 Å². The standard InChI is InChI=1S/C21H21N5O2S2/c1-28-15-6-4-14(5-7-15)17-12-16-19(30-17)20(27)26-18(25-16)13-29-11-3-10-24-21-22-8-2-9-23-21/h2,4-9,12H,3,10-11,13H2,1H3,(H,22,23,24)(H,25,26,27). The normalized spacial score (nSPS) is 11.0.